The molecule has 0 aliphatic carbocycles. The average molecular weight is 496 g/mol. The van der Waals surface area contributed by atoms with Gasteiger partial charge in [-0.15, -0.1) is 24.0 Å². The number of guanidine groups is 1. The summed E-state index contributed by atoms with van der Waals surface area (Å²) in [5, 5.41) is 5.95. The van der Waals surface area contributed by atoms with Crippen molar-refractivity contribution in [2.75, 3.05) is 7.05 Å². The summed E-state index contributed by atoms with van der Waals surface area (Å²) in [6, 6.07) is 7.72. The van der Waals surface area contributed by atoms with E-state index in [1.165, 1.54) is 19.2 Å². The van der Waals surface area contributed by atoms with Gasteiger partial charge in [0.05, 0.1) is 18.2 Å². The van der Waals surface area contributed by atoms with Crippen LogP contribution in [-0.4, -0.2) is 18.9 Å². The van der Waals surface area contributed by atoms with Crippen molar-refractivity contribution in [3.8, 4) is 0 Å². The van der Waals surface area contributed by atoms with Gasteiger partial charge in [-0.25, -0.2) is 0 Å². The Kier molecular flexibility index (Phi) is 8.13. The van der Waals surface area contributed by atoms with E-state index in [1.54, 1.807) is 19.1 Å². The van der Waals surface area contributed by atoms with Gasteiger partial charge in [0, 0.05) is 7.05 Å². The van der Waals surface area contributed by atoms with Crippen molar-refractivity contribution in [3.05, 3.63) is 59.0 Å². The van der Waals surface area contributed by atoms with Crippen LogP contribution in [0.1, 0.15) is 40.4 Å². The molecule has 0 aliphatic heterocycles. The van der Waals surface area contributed by atoms with E-state index in [9.17, 15) is 18.0 Å². The smallest absolute Gasteiger partial charge is 0.416 e. The number of amides is 1. The van der Waals surface area contributed by atoms with Gasteiger partial charge in [0.1, 0.15) is 5.76 Å². The van der Waals surface area contributed by atoms with Gasteiger partial charge in [0.2, 0.25) is 0 Å². The van der Waals surface area contributed by atoms with Crippen molar-refractivity contribution in [2.24, 2.45) is 10.7 Å². The molecule has 1 heterocycles. The monoisotopic (exact) mass is 496 g/mol. The summed E-state index contributed by atoms with van der Waals surface area (Å²) in [5.41, 5.74) is 4.88. The lowest BCUT2D eigenvalue weighted by atomic mass is 10.1. The topological polar surface area (TPSA) is 92.6 Å². The Hall–Kier alpha value is -2.24. The Morgan fingerprint density at radius 3 is 2.56 bits per heavy atom. The summed E-state index contributed by atoms with van der Waals surface area (Å²) in [5.74, 6) is 0.208. The van der Waals surface area contributed by atoms with Gasteiger partial charge in [-0.3, -0.25) is 9.79 Å². The number of nitrogens with one attached hydrogen (secondary N) is 2. The quantitative estimate of drug-likeness (QED) is 0.336. The molecule has 6 nitrogen and oxygen atoms in total. The first kappa shape index (κ1) is 22.8. The number of furan rings is 1. The van der Waals surface area contributed by atoms with Crippen LogP contribution in [0.2, 0.25) is 0 Å². The molecule has 4 N–H and O–H groups in total. The highest BCUT2D eigenvalue weighted by Crippen LogP contribution is 2.30. The van der Waals surface area contributed by atoms with Crippen LogP contribution in [-0.2, 0) is 12.7 Å². The van der Waals surface area contributed by atoms with Crippen LogP contribution in [0.15, 0.2) is 45.8 Å². The maximum Gasteiger partial charge on any atom is 0.416 e. The molecule has 0 saturated heterocycles. The van der Waals surface area contributed by atoms with Crippen molar-refractivity contribution in [1.82, 2.24) is 10.6 Å². The summed E-state index contributed by atoms with van der Waals surface area (Å²) < 4.78 is 43.7. The summed E-state index contributed by atoms with van der Waals surface area (Å²) in [7, 11) is 1.53. The van der Waals surface area contributed by atoms with Gasteiger partial charge in [-0.05, 0) is 36.8 Å². The molecule has 1 unspecified atom stereocenters. The second-order valence-corrected chi connectivity index (χ2v) is 5.55. The van der Waals surface area contributed by atoms with Crippen molar-refractivity contribution in [2.45, 2.75) is 25.7 Å². The summed E-state index contributed by atoms with van der Waals surface area (Å²) in [4.78, 5) is 15.0. The fourth-order valence-corrected chi connectivity index (χ4v) is 2.24. The Morgan fingerprint density at radius 2 is 2.00 bits per heavy atom. The zero-order chi connectivity index (χ0) is 19.3. The molecule has 1 aromatic carbocycles. The lowest BCUT2D eigenvalue weighted by molar-refractivity contribution is -0.137. The molecular weight excluding hydrogens is 476 g/mol. The van der Waals surface area contributed by atoms with Crippen LogP contribution in [0, 0.1) is 0 Å². The van der Waals surface area contributed by atoms with Gasteiger partial charge in [-0.1, -0.05) is 12.1 Å². The van der Waals surface area contributed by atoms with Crippen molar-refractivity contribution >= 4 is 35.8 Å². The third kappa shape index (κ3) is 6.45. The summed E-state index contributed by atoms with van der Waals surface area (Å²) in [6.45, 7) is 1.95. The summed E-state index contributed by atoms with van der Waals surface area (Å²) in [6.07, 6.45) is -4.40. The Morgan fingerprint density at radius 1 is 1.30 bits per heavy atom. The van der Waals surface area contributed by atoms with E-state index < -0.39 is 23.7 Å². The maximum atomic E-state index is 12.8. The molecule has 2 rings (SSSR count). The second kappa shape index (κ2) is 9.62. The molecule has 0 saturated carbocycles. The largest absolute Gasteiger partial charge is 0.454 e. The molecule has 148 valence electrons. The lowest BCUT2D eigenvalue weighted by Gasteiger charge is -2.19. The number of carbonyl (C=O) groups excluding carboxylic acids is 1. The highest BCUT2D eigenvalue weighted by Gasteiger charge is 2.30. The first-order valence-electron chi connectivity index (χ1n) is 7.73. The number of benzene rings is 1. The molecule has 0 bridgehead atoms. The number of rotatable bonds is 5. The Bertz CT molecular complexity index is 805. The Labute approximate surface area is 171 Å². The predicted octanol–water partition coefficient (Wildman–Crippen LogP) is 3.44. The van der Waals surface area contributed by atoms with Crippen LogP contribution in [0.25, 0.3) is 0 Å². The van der Waals surface area contributed by atoms with E-state index in [0.29, 0.717) is 17.3 Å². The van der Waals surface area contributed by atoms with Gasteiger partial charge in [-0.2, -0.15) is 13.2 Å². The van der Waals surface area contributed by atoms with E-state index in [2.05, 4.69) is 15.6 Å². The van der Waals surface area contributed by atoms with E-state index in [0.717, 1.165) is 12.1 Å². The van der Waals surface area contributed by atoms with Gasteiger partial charge in [0.25, 0.3) is 5.91 Å². The number of hydrogen-bond donors (Lipinski definition) is 3. The molecule has 27 heavy (non-hydrogen) atoms. The zero-order valence-corrected chi connectivity index (χ0v) is 17.0. The third-order valence-corrected chi connectivity index (χ3v) is 3.63. The first-order chi connectivity index (χ1) is 12.2. The maximum absolute atomic E-state index is 12.8. The van der Waals surface area contributed by atoms with Crippen molar-refractivity contribution in [1.29, 1.82) is 0 Å². The number of alkyl halides is 3. The summed E-state index contributed by atoms with van der Waals surface area (Å²) >= 11 is 0. The average Bonchev–Trinajstić information content (AvgIpc) is 3.07. The van der Waals surface area contributed by atoms with Gasteiger partial charge >= 0.3 is 6.18 Å². The van der Waals surface area contributed by atoms with Crippen LogP contribution in [0.3, 0.4) is 0 Å². The van der Waals surface area contributed by atoms with E-state index in [-0.39, 0.29) is 36.3 Å². The number of halogens is 4. The van der Waals surface area contributed by atoms with Gasteiger partial charge < -0.3 is 20.8 Å². The van der Waals surface area contributed by atoms with E-state index >= 15 is 0 Å². The van der Waals surface area contributed by atoms with E-state index in [1.807, 2.05) is 0 Å². The SMILES string of the molecule is CN=C(NCc1ccc(C(N)=O)o1)NC(C)c1cccc(C(F)(F)F)c1.I. The van der Waals surface area contributed by atoms with Crippen LogP contribution >= 0.6 is 24.0 Å². The van der Waals surface area contributed by atoms with Crippen molar-refractivity contribution in [3.63, 3.8) is 0 Å². The van der Waals surface area contributed by atoms with Crippen LogP contribution < -0.4 is 16.4 Å². The van der Waals surface area contributed by atoms with Crippen molar-refractivity contribution < 1.29 is 22.4 Å². The number of aliphatic imine (C=N–C) groups is 1. The zero-order valence-electron chi connectivity index (χ0n) is 14.6. The highest BCUT2D eigenvalue weighted by molar-refractivity contribution is 14.0. The van der Waals surface area contributed by atoms with Crippen LogP contribution in [0.5, 0.6) is 0 Å². The molecule has 1 aromatic heterocycles. The standard InChI is InChI=1S/C17H19F3N4O2.HI/c1-10(11-4-3-5-12(8-11)17(18,19)20)24-16(22-2)23-9-13-6-7-14(26-13)15(21)25;/h3-8,10H,9H2,1-2H3,(H2,21,25)(H2,22,23,24);1H. The number of carbonyl (C=O) groups is 1. The Balaban J connectivity index is 0.00000364. The minimum atomic E-state index is -4.40. The fourth-order valence-electron chi connectivity index (χ4n) is 2.24. The molecule has 0 radical (unpaired) electrons. The molecule has 0 aliphatic rings. The highest BCUT2D eigenvalue weighted by atomic mass is 127. The molecule has 10 heteroatoms. The predicted molar refractivity (Wildman–Crippen MR) is 106 cm³/mol. The van der Waals surface area contributed by atoms with Gasteiger partial charge in [0.15, 0.2) is 11.7 Å². The normalized spacial score (nSPS) is 12.9. The lowest BCUT2D eigenvalue weighted by Crippen LogP contribution is -2.38. The van der Waals surface area contributed by atoms with Crippen LogP contribution in [0.4, 0.5) is 13.2 Å². The molecular formula is C17H20F3IN4O2. The third-order valence-electron chi connectivity index (χ3n) is 3.63. The minimum Gasteiger partial charge on any atom is -0.454 e. The number of nitrogens with two attached hydrogens (primary N) is 1. The molecule has 0 spiro atoms. The first-order valence-corrected chi connectivity index (χ1v) is 7.73. The minimum absolute atomic E-state index is 0. The number of hydrogen-bond acceptors (Lipinski definition) is 3. The van der Waals surface area contributed by atoms with E-state index in [4.69, 9.17) is 10.2 Å². The fraction of sp³-hybridized carbons (Fsp3) is 0.294. The number of nitrogens with zero attached hydrogens (tertiary/aromatic N) is 1. The molecule has 0 fully saturated rings. The second-order valence-electron chi connectivity index (χ2n) is 5.55. The molecule has 1 amide bonds. The molecule has 2 aromatic rings. The molecule has 1 atom stereocenters. The number of primary amides is 1.